The van der Waals surface area contributed by atoms with Crippen LogP contribution in [0.3, 0.4) is 0 Å². The standard InChI is InChI=1S/C20H16F20N2O2/c21-9(11(41)13(23,24)15(27,28)17(31,32)19(35,36)37)7(43)5-3-1-2-4-6-8(44)10(22)12(42)14(25,26)16(29,30)18(33,34)20(38,39)40/h1-6,41-42H2/b11-9+,12-10+. The normalized spacial score (nSPS) is 16.0. The molecule has 4 N–H and O–H groups in total. The Balaban J connectivity index is 5.36. The van der Waals surface area contributed by atoms with Crippen molar-refractivity contribution >= 4 is 11.6 Å². The summed E-state index contributed by atoms with van der Waals surface area (Å²) in [6, 6.07) is 0. The van der Waals surface area contributed by atoms with Crippen LogP contribution < -0.4 is 11.5 Å². The molecule has 0 atom stereocenters. The van der Waals surface area contributed by atoms with E-state index in [9.17, 15) is 97.4 Å². The van der Waals surface area contributed by atoms with E-state index in [1.807, 2.05) is 0 Å². The van der Waals surface area contributed by atoms with Gasteiger partial charge in [-0.2, -0.15) is 79.0 Å². The van der Waals surface area contributed by atoms with Gasteiger partial charge < -0.3 is 11.5 Å². The van der Waals surface area contributed by atoms with Gasteiger partial charge in [-0.3, -0.25) is 9.59 Å². The van der Waals surface area contributed by atoms with E-state index in [1.165, 1.54) is 0 Å². The molecular formula is C20H16F20N2O2. The fraction of sp³-hybridized carbons (Fsp3) is 0.700. The largest absolute Gasteiger partial charge is 0.460 e. The Labute approximate surface area is 231 Å². The predicted molar refractivity (Wildman–Crippen MR) is 104 cm³/mol. The van der Waals surface area contributed by atoms with E-state index in [2.05, 4.69) is 11.5 Å². The fourth-order valence-corrected chi connectivity index (χ4v) is 2.81. The van der Waals surface area contributed by atoms with Crippen LogP contribution in [-0.4, -0.2) is 59.5 Å². The Hall–Kier alpha value is -2.98. The van der Waals surface area contributed by atoms with Crippen LogP contribution in [0.4, 0.5) is 87.8 Å². The van der Waals surface area contributed by atoms with E-state index in [4.69, 9.17) is 0 Å². The molecule has 44 heavy (non-hydrogen) atoms. The number of alkyl halides is 18. The van der Waals surface area contributed by atoms with E-state index < -0.39 is 121 Å². The highest BCUT2D eigenvalue weighted by Gasteiger charge is 2.83. The minimum Gasteiger partial charge on any atom is -0.394 e. The molecule has 4 nitrogen and oxygen atoms in total. The number of halogens is 20. The number of rotatable bonds is 15. The predicted octanol–water partition coefficient (Wildman–Crippen LogP) is 7.68. The van der Waals surface area contributed by atoms with Crippen molar-refractivity contribution in [3.05, 3.63) is 23.0 Å². The summed E-state index contributed by atoms with van der Waals surface area (Å²) < 4.78 is 259. The van der Waals surface area contributed by atoms with Crippen molar-refractivity contribution in [2.75, 3.05) is 0 Å². The van der Waals surface area contributed by atoms with Crippen molar-refractivity contribution in [3.63, 3.8) is 0 Å². The average Bonchev–Trinajstić information content (AvgIpc) is 2.86. The molecular weight excluding hydrogens is 680 g/mol. The summed E-state index contributed by atoms with van der Waals surface area (Å²) in [6.45, 7) is 0. The molecule has 0 spiro atoms. The lowest BCUT2D eigenvalue weighted by Gasteiger charge is -2.33. The van der Waals surface area contributed by atoms with Gasteiger partial charge in [0.1, 0.15) is 11.4 Å². The molecule has 0 aliphatic rings. The van der Waals surface area contributed by atoms with Crippen LogP contribution in [-0.2, 0) is 9.59 Å². The van der Waals surface area contributed by atoms with Gasteiger partial charge in [-0.15, -0.1) is 0 Å². The second-order valence-corrected chi connectivity index (χ2v) is 8.66. The third-order valence-corrected chi connectivity index (χ3v) is 5.49. The van der Waals surface area contributed by atoms with Crippen LogP contribution in [0.1, 0.15) is 38.5 Å². The molecule has 24 heteroatoms. The molecule has 0 saturated carbocycles. The molecule has 0 aliphatic carbocycles. The minimum absolute atomic E-state index is 0.474. The monoisotopic (exact) mass is 696 g/mol. The molecule has 0 fully saturated rings. The first-order valence-electron chi connectivity index (χ1n) is 11.0. The number of hydrogen-bond acceptors (Lipinski definition) is 4. The number of Topliss-reactive ketones (excluding diaryl/α,β-unsaturated/α-hetero) is 2. The summed E-state index contributed by atoms with van der Waals surface area (Å²) in [6.07, 6.45) is -19.5. The third-order valence-electron chi connectivity index (χ3n) is 5.49. The SMILES string of the molecule is N/C(=C(/F)C(=O)CCCCCCC(=O)/C(F)=C(\N)C(F)(F)C(F)(F)C(F)(F)C(F)(F)F)C(F)(F)C(F)(F)C(F)(F)C(F)(F)F. The van der Waals surface area contributed by atoms with E-state index in [-0.39, 0.29) is 0 Å². The highest BCUT2D eigenvalue weighted by Crippen LogP contribution is 2.56. The molecule has 0 saturated heterocycles. The van der Waals surface area contributed by atoms with Crippen LogP contribution in [0.25, 0.3) is 0 Å². The van der Waals surface area contributed by atoms with Crippen molar-refractivity contribution in [1.82, 2.24) is 0 Å². The van der Waals surface area contributed by atoms with Gasteiger partial charge >= 0.3 is 47.9 Å². The Kier molecular flexibility index (Phi) is 11.9. The number of carbonyl (C=O) groups excluding carboxylic acids is 2. The average molecular weight is 696 g/mol. The summed E-state index contributed by atoms with van der Waals surface area (Å²) in [5.41, 5.74) is 1.87. The van der Waals surface area contributed by atoms with Crippen molar-refractivity contribution in [3.8, 4) is 0 Å². The number of carbonyl (C=O) groups is 2. The molecule has 0 unspecified atom stereocenters. The van der Waals surface area contributed by atoms with Crippen LogP contribution in [0.2, 0.25) is 0 Å². The van der Waals surface area contributed by atoms with Gasteiger partial charge in [0.15, 0.2) is 23.2 Å². The molecule has 0 heterocycles. The zero-order chi connectivity index (χ0) is 35.7. The molecule has 0 bridgehead atoms. The first-order chi connectivity index (χ1) is 19.2. The summed E-state index contributed by atoms with van der Waals surface area (Å²) in [4.78, 5) is 23.1. The van der Waals surface area contributed by atoms with E-state index in [0.29, 0.717) is 0 Å². The Morgan fingerprint density at radius 2 is 0.636 bits per heavy atom. The van der Waals surface area contributed by atoms with Crippen molar-refractivity contribution < 1.29 is 97.4 Å². The molecule has 0 amide bonds. The van der Waals surface area contributed by atoms with Crippen molar-refractivity contribution in [2.45, 2.75) is 86.4 Å². The number of hydrogen-bond donors (Lipinski definition) is 2. The van der Waals surface area contributed by atoms with Gasteiger partial charge in [0.05, 0.1) is 0 Å². The first-order valence-corrected chi connectivity index (χ1v) is 11.0. The highest BCUT2D eigenvalue weighted by atomic mass is 19.4. The Morgan fingerprint density at radius 3 is 0.841 bits per heavy atom. The summed E-state index contributed by atoms with van der Waals surface area (Å²) >= 11 is 0. The molecule has 0 aromatic carbocycles. The lowest BCUT2D eigenvalue weighted by molar-refractivity contribution is -0.390. The smallest absolute Gasteiger partial charge is 0.394 e. The molecule has 258 valence electrons. The van der Waals surface area contributed by atoms with Crippen molar-refractivity contribution in [1.29, 1.82) is 0 Å². The highest BCUT2D eigenvalue weighted by molar-refractivity contribution is 5.94. The van der Waals surface area contributed by atoms with Crippen LogP contribution in [0.15, 0.2) is 23.0 Å². The molecule has 0 aromatic rings. The fourth-order valence-electron chi connectivity index (χ4n) is 2.81. The Bertz CT molecular complexity index is 1050. The third kappa shape index (κ3) is 7.28. The van der Waals surface area contributed by atoms with Crippen LogP contribution in [0, 0.1) is 0 Å². The lowest BCUT2D eigenvalue weighted by Crippen LogP contribution is -2.62. The maximum Gasteiger partial charge on any atom is 0.460 e. The van der Waals surface area contributed by atoms with Crippen LogP contribution >= 0.6 is 0 Å². The number of nitrogens with two attached hydrogens (primary N) is 2. The quantitative estimate of drug-likeness (QED) is 0.105. The summed E-state index contributed by atoms with van der Waals surface area (Å²) in [7, 11) is 0. The van der Waals surface area contributed by atoms with Gasteiger partial charge in [0, 0.05) is 12.8 Å². The first kappa shape index (κ1) is 41.0. The Morgan fingerprint density at radius 1 is 0.409 bits per heavy atom. The lowest BCUT2D eigenvalue weighted by atomic mass is 9.98. The summed E-state index contributed by atoms with van der Waals surface area (Å²) in [5.74, 6) is -53.8. The number of allylic oxidation sites excluding steroid dienone is 4. The van der Waals surface area contributed by atoms with Gasteiger partial charge in [-0.05, 0) is 12.8 Å². The number of ketones is 2. The zero-order valence-corrected chi connectivity index (χ0v) is 20.8. The molecule has 0 rings (SSSR count). The van der Waals surface area contributed by atoms with Gasteiger partial charge in [0.25, 0.3) is 0 Å². The topological polar surface area (TPSA) is 86.2 Å². The van der Waals surface area contributed by atoms with Gasteiger partial charge in [-0.1, -0.05) is 12.8 Å². The van der Waals surface area contributed by atoms with Crippen molar-refractivity contribution in [2.24, 2.45) is 11.5 Å². The molecule has 0 aromatic heterocycles. The number of unbranched alkanes of at least 4 members (excludes halogenated alkanes) is 3. The van der Waals surface area contributed by atoms with E-state index in [1.54, 1.807) is 0 Å². The second-order valence-electron chi connectivity index (χ2n) is 8.66. The maximum atomic E-state index is 13.8. The summed E-state index contributed by atoms with van der Waals surface area (Å²) in [5, 5.41) is 0. The minimum atomic E-state index is -7.46. The van der Waals surface area contributed by atoms with E-state index in [0.717, 1.165) is 0 Å². The second kappa shape index (κ2) is 12.8. The van der Waals surface area contributed by atoms with Crippen LogP contribution in [0.5, 0.6) is 0 Å². The molecule has 0 aliphatic heterocycles. The zero-order valence-electron chi connectivity index (χ0n) is 20.8. The molecule has 0 radical (unpaired) electrons. The van der Waals surface area contributed by atoms with Gasteiger partial charge in [0.2, 0.25) is 0 Å². The van der Waals surface area contributed by atoms with E-state index >= 15 is 0 Å². The maximum absolute atomic E-state index is 13.8. The van der Waals surface area contributed by atoms with Gasteiger partial charge in [-0.25, -0.2) is 8.78 Å².